The van der Waals surface area contributed by atoms with Gasteiger partial charge in [0, 0.05) is 42.1 Å². The molecule has 1 aromatic carbocycles. The van der Waals surface area contributed by atoms with Crippen LogP contribution in [0.25, 0.3) is 10.9 Å². The summed E-state index contributed by atoms with van der Waals surface area (Å²) in [6.45, 7) is 0. The van der Waals surface area contributed by atoms with Gasteiger partial charge in [-0.1, -0.05) is 17.7 Å². The fourth-order valence-electron chi connectivity index (χ4n) is 4.70. The van der Waals surface area contributed by atoms with Crippen molar-refractivity contribution in [3.8, 4) is 0 Å². The van der Waals surface area contributed by atoms with Crippen LogP contribution >= 0.6 is 11.6 Å². The van der Waals surface area contributed by atoms with Crippen molar-refractivity contribution >= 4 is 46.0 Å². The Kier molecular flexibility index (Phi) is 4.79. The molecule has 0 spiro atoms. The number of carbonyl (C=O) groups excluding carboxylic acids is 2. The van der Waals surface area contributed by atoms with Crippen LogP contribution in [0.3, 0.4) is 0 Å². The zero-order valence-electron chi connectivity index (χ0n) is 17.4. The lowest BCUT2D eigenvalue weighted by molar-refractivity contribution is -0.121. The van der Waals surface area contributed by atoms with Crippen molar-refractivity contribution in [2.45, 2.75) is 37.8 Å². The van der Waals surface area contributed by atoms with Crippen LogP contribution in [-0.2, 0) is 18.3 Å². The van der Waals surface area contributed by atoms with Gasteiger partial charge in [-0.15, -0.1) is 0 Å². The Balaban J connectivity index is 1.46. The quantitative estimate of drug-likeness (QED) is 0.540. The molecule has 3 atom stereocenters. The zero-order chi connectivity index (χ0) is 21.9. The summed E-state index contributed by atoms with van der Waals surface area (Å²) in [5.74, 6) is -0.541. The number of aliphatic hydroxyl groups is 1. The molecule has 162 valence electrons. The standard InChI is InChI=1S/C22H24ClN5O3/c1-27-18-19(30)13(10-11-9-12-14(23)5-3-6-15(12)24-11)21(31)28(2)20(18)26-22(27)25-16-7-4-8-17(16)29/h3,5-6,9,13,16-17,24,29H,4,7-8,10H2,1-2H3,(H,25,26)/t13?,16-,17-/m1/s1. The van der Waals surface area contributed by atoms with Gasteiger partial charge in [0.1, 0.15) is 11.6 Å². The smallest absolute Gasteiger partial charge is 0.239 e. The number of amides is 1. The molecule has 1 unspecified atom stereocenters. The highest BCUT2D eigenvalue weighted by Crippen LogP contribution is 2.34. The summed E-state index contributed by atoms with van der Waals surface area (Å²) >= 11 is 6.27. The molecule has 5 rings (SSSR count). The SMILES string of the molecule is CN1C(=O)C(Cc2cc3c(Cl)cccc3[nH]2)C(=O)c2c1nc(N[C@@H]1CCC[C@H]1O)n2C. The second-order valence-electron chi connectivity index (χ2n) is 8.43. The second-order valence-corrected chi connectivity index (χ2v) is 8.84. The van der Waals surface area contributed by atoms with Crippen molar-refractivity contribution in [2.24, 2.45) is 13.0 Å². The highest BCUT2D eigenvalue weighted by Gasteiger charge is 2.42. The lowest BCUT2D eigenvalue weighted by Crippen LogP contribution is -2.44. The average Bonchev–Trinajstić information content (AvgIpc) is 3.43. The van der Waals surface area contributed by atoms with Crippen LogP contribution < -0.4 is 10.2 Å². The van der Waals surface area contributed by atoms with E-state index < -0.39 is 12.0 Å². The number of hydrogen-bond donors (Lipinski definition) is 3. The van der Waals surface area contributed by atoms with Crippen LogP contribution in [-0.4, -0.2) is 50.5 Å². The maximum absolute atomic E-state index is 13.4. The first-order chi connectivity index (χ1) is 14.8. The summed E-state index contributed by atoms with van der Waals surface area (Å²) < 4.78 is 1.70. The van der Waals surface area contributed by atoms with E-state index in [9.17, 15) is 14.7 Å². The third-order valence-electron chi connectivity index (χ3n) is 6.46. The number of nitrogens with one attached hydrogen (secondary N) is 2. The number of ketones is 1. The number of hydrogen-bond acceptors (Lipinski definition) is 5. The molecule has 2 aliphatic rings. The summed E-state index contributed by atoms with van der Waals surface area (Å²) in [4.78, 5) is 35.7. The number of nitrogens with zero attached hydrogens (tertiary/aromatic N) is 3. The Bertz CT molecular complexity index is 1200. The Labute approximate surface area is 184 Å². The summed E-state index contributed by atoms with van der Waals surface area (Å²) in [5.41, 5.74) is 2.05. The average molecular weight is 442 g/mol. The Morgan fingerprint density at radius 3 is 2.81 bits per heavy atom. The molecule has 0 radical (unpaired) electrons. The van der Waals surface area contributed by atoms with Crippen molar-refractivity contribution in [3.63, 3.8) is 0 Å². The molecule has 31 heavy (non-hydrogen) atoms. The van der Waals surface area contributed by atoms with Gasteiger partial charge < -0.3 is 20.0 Å². The van der Waals surface area contributed by atoms with E-state index in [0.717, 1.165) is 35.9 Å². The van der Waals surface area contributed by atoms with Gasteiger partial charge in [0.25, 0.3) is 0 Å². The van der Waals surface area contributed by atoms with Crippen LogP contribution in [0.1, 0.15) is 35.4 Å². The largest absolute Gasteiger partial charge is 0.391 e. The minimum Gasteiger partial charge on any atom is -0.391 e. The van der Waals surface area contributed by atoms with Crippen molar-refractivity contribution in [3.05, 3.63) is 40.7 Å². The van der Waals surface area contributed by atoms with Crippen LogP contribution in [0.4, 0.5) is 11.8 Å². The predicted molar refractivity (Wildman–Crippen MR) is 119 cm³/mol. The van der Waals surface area contributed by atoms with E-state index >= 15 is 0 Å². The summed E-state index contributed by atoms with van der Waals surface area (Å²) in [7, 11) is 3.40. The lowest BCUT2D eigenvalue weighted by atomic mass is 9.91. The van der Waals surface area contributed by atoms with Gasteiger partial charge in [0.05, 0.1) is 12.1 Å². The maximum Gasteiger partial charge on any atom is 0.239 e. The molecule has 1 aliphatic carbocycles. The van der Waals surface area contributed by atoms with Gasteiger partial charge in [0.2, 0.25) is 11.9 Å². The minimum absolute atomic E-state index is 0.106. The van der Waals surface area contributed by atoms with Crippen molar-refractivity contribution in [1.29, 1.82) is 0 Å². The molecule has 9 heteroatoms. The Hall–Kier alpha value is -2.84. The second kappa shape index (κ2) is 7.39. The molecular weight excluding hydrogens is 418 g/mol. The van der Waals surface area contributed by atoms with Crippen molar-refractivity contribution in [2.75, 3.05) is 17.3 Å². The zero-order valence-corrected chi connectivity index (χ0v) is 18.1. The van der Waals surface area contributed by atoms with E-state index in [0.29, 0.717) is 22.5 Å². The highest BCUT2D eigenvalue weighted by molar-refractivity contribution is 6.35. The molecule has 3 N–H and O–H groups in total. The number of aliphatic hydroxyl groups excluding tert-OH is 1. The van der Waals surface area contributed by atoms with Crippen LogP contribution in [0.2, 0.25) is 5.02 Å². The molecule has 8 nitrogen and oxygen atoms in total. The number of Topliss-reactive ketones (excluding diaryl/α,β-unsaturated/α-hetero) is 1. The summed E-state index contributed by atoms with van der Waals surface area (Å²) in [6.07, 6.45) is 2.34. The van der Waals surface area contributed by atoms with Gasteiger partial charge in [-0.2, -0.15) is 4.98 Å². The molecule has 3 heterocycles. The molecule has 2 aromatic heterocycles. The number of aromatic amines is 1. The normalized spacial score (nSPS) is 23.6. The fourth-order valence-corrected chi connectivity index (χ4v) is 4.93. The van der Waals surface area contributed by atoms with Crippen LogP contribution in [0.5, 0.6) is 0 Å². The molecule has 3 aromatic rings. The number of H-pyrrole nitrogens is 1. The number of benzene rings is 1. The van der Waals surface area contributed by atoms with E-state index in [1.165, 1.54) is 4.90 Å². The first kappa shape index (κ1) is 20.1. The number of fused-ring (bicyclic) bond motifs is 2. The van der Waals surface area contributed by atoms with Crippen LogP contribution in [0, 0.1) is 5.92 Å². The van der Waals surface area contributed by atoms with E-state index in [2.05, 4.69) is 15.3 Å². The molecule has 1 saturated carbocycles. The molecule has 0 bridgehead atoms. The number of carbonyl (C=O) groups is 2. The Morgan fingerprint density at radius 2 is 2.10 bits per heavy atom. The predicted octanol–water partition coefficient (Wildman–Crippen LogP) is 2.90. The molecule has 1 aliphatic heterocycles. The molecular formula is C22H24ClN5O3. The van der Waals surface area contributed by atoms with Gasteiger partial charge in [0.15, 0.2) is 11.6 Å². The maximum atomic E-state index is 13.4. The Morgan fingerprint density at radius 1 is 1.29 bits per heavy atom. The first-order valence-electron chi connectivity index (χ1n) is 10.4. The highest BCUT2D eigenvalue weighted by atomic mass is 35.5. The van der Waals surface area contributed by atoms with Gasteiger partial charge in [-0.05, 0) is 37.5 Å². The number of aromatic nitrogens is 3. The van der Waals surface area contributed by atoms with Gasteiger partial charge >= 0.3 is 0 Å². The third-order valence-corrected chi connectivity index (χ3v) is 6.79. The minimum atomic E-state index is -0.843. The van der Waals surface area contributed by atoms with E-state index in [4.69, 9.17) is 11.6 Å². The molecule has 1 amide bonds. The number of imidazole rings is 1. The van der Waals surface area contributed by atoms with E-state index in [1.54, 1.807) is 18.7 Å². The van der Waals surface area contributed by atoms with Gasteiger partial charge in [-0.3, -0.25) is 14.5 Å². The third kappa shape index (κ3) is 3.21. The van der Waals surface area contributed by atoms with Gasteiger partial charge in [-0.25, -0.2) is 0 Å². The van der Waals surface area contributed by atoms with E-state index in [-0.39, 0.29) is 24.2 Å². The number of anilines is 2. The van der Waals surface area contributed by atoms with Crippen molar-refractivity contribution < 1.29 is 14.7 Å². The molecule has 1 fully saturated rings. The lowest BCUT2D eigenvalue weighted by Gasteiger charge is -2.27. The van der Waals surface area contributed by atoms with Crippen molar-refractivity contribution in [1.82, 2.24) is 14.5 Å². The van der Waals surface area contributed by atoms with Crippen LogP contribution in [0.15, 0.2) is 24.3 Å². The fraction of sp³-hybridized carbons (Fsp3) is 0.409. The number of rotatable bonds is 4. The topological polar surface area (TPSA) is 103 Å². The monoisotopic (exact) mass is 441 g/mol. The van der Waals surface area contributed by atoms with E-state index in [1.807, 2.05) is 24.3 Å². The number of halogens is 1. The summed E-state index contributed by atoms with van der Waals surface area (Å²) in [5, 5.41) is 14.9. The molecule has 0 saturated heterocycles. The summed E-state index contributed by atoms with van der Waals surface area (Å²) in [6, 6.07) is 7.36. The first-order valence-corrected chi connectivity index (χ1v) is 10.8.